The van der Waals surface area contributed by atoms with Gasteiger partial charge in [-0.05, 0) is 12.1 Å². The van der Waals surface area contributed by atoms with Gasteiger partial charge in [0.15, 0.2) is 5.78 Å². The maximum absolute atomic E-state index is 11.5. The molecule has 6 nitrogen and oxygen atoms in total. The first-order valence-corrected chi connectivity index (χ1v) is 7.00. The van der Waals surface area contributed by atoms with Crippen LogP contribution in [0, 0.1) is 0 Å². The topological polar surface area (TPSA) is 87.3 Å². The van der Waals surface area contributed by atoms with E-state index in [1.165, 1.54) is 13.3 Å². The third-order valence-corrected chi connectivity index (χ3v) is 3.51. The van der Waals surface area contributed by atoms with Crippen LogP contribution in [-0.4, -0.2) is 29.5 Å². The van der Waals surface area contributed by atoms with E-state index in [1.54, 1.807) is 18.2 Å². The molecule has 0 saturated carbocycles. The summed E-state index contributed by atoms with van der Waals surface area (Å²) >= 11 is 12.0. The number of anilines is 1. The fourth-order valence-corrected chi connectivity index (χ4v) is 2.02. The molecule has 0 unspecified atom stereocenters. The number of ketones is 1. The van der Waals surface area contributed by atoms with Gasteiger partial charge >= 0.3 is 0 Å². The van der Waals surface area contributed by atoms with Crippen LogP contribution in [0.2, 0.25) is 10.0 Å². The van der Waals surface area contributed by atoms with Crippen LogP contribution < -0.4 is 10.5 Å². The van der Waals surface area contributed by atoms with Gasteiger partial charge < -0.3 is 15.2 Å². The zero-order valence-corrected chi connectivity index (χ0v) is 13.2. The van der Waals surface area contributed by atoms with Crippen LogP contribution in [-0.2, 0) is 16.0 Å². The number of hydrogen-bond donors (Lipinski definition) is 1. The molecular weight excluding hydrogens is 329 g/mol. The van der Waals surface area contributed by atoms with Crippen molar-refractivity contribution in [2.75, 3.05) is 19.5 Å². The minimum absolute atomic E-state index is 0.00778. The Balaban J connectivity index is 2.17. The van der Waals surface area contributed by atoms with E-state index < -0.39 is 0 Å². The molecule has 0 aliphatic heterocycles. The molecule has 0 spiro atoms. The lowest BCUT2D eigenvalue weighted by Crippen LogP contribution is -2.12. The minimum Gasteiger partial charge on any atom is -0.437 e. The molecule has 0 aliphatic carbocycles. The summed E-state index contributed by atoms with van der Waals surface area (Å²) in [6.07, 6.45) is 1.55. The fourth-order valence-electron chi connectivity index (χ4n) is 1.65. The standard InChI is InChI=1S/C14H13Cl2N3O3/c1-21-7-8(20)6-11-18-5-4-12(19-11)22-10-3-2-9(17)13(15)14(10)16/h2-5H,6-7,17H2,1H3. The Bertz CT molecular complexity index is 695. The van der Waals surface area contributed by atoms with Crippen molar-refractivity contribution in [3.8, 4) is 11.6 Å². The van der Waals surface area contributed by atoms with Crippen LogP contribution in [0.3, 0.4) is 0 Å². The van der Waals surface area contributed by atoms with Crippen molar-refractivity contribution in [2.24, 2.45) is 0 Å². The van der Waals surface area contributed by atoms with E-state index in [2.05, 4.69) is 9.97 Å². The summed E-state index contributed by atoms with van der Waals surface area (Å²) < 4.78 is 10.3. The normalized spacial score (nSPS) is 10.5. The van der Waals surface area contributed by atoms with Crippen LogP contribution >= 0.6 is 23.2 Å². The average molecular weight is 342 g/mol. The molecular formula is C14H13Cl2N3O3. The van der Waals surface area contributed by atoms with Crippen molar-refractivity contribution in [1.82, 2.24) is 9.97 Å². The highest BCUT2D eigenvalue weighted by Crippen LogP contribution is 2.37. The van der Waals surface area contributed by atoms with E-state index in [1.807, 2.05) is 0 Å². The summed E-state index contributed by atoms with van der Waals surface area (Å²) in [4.78, 5) is 19.7. The molecule has 1 aromatic carbocycles. The Morgan fingerprint density at radius 2 is 2.05 bits per heavy atom. The lowest BCUT2D eigenvalue weighted by atomic mass is 10.3. The van der Waals surface area contributed by atoms with Gasteiger partial charge in [0.1, 0.15) is 23.2 Å². The maximum atomic E-state index is 11.5. The van der Waals surface area contributed by atoms with Gasteiger partial charge in [-0.15, -0.1) is 0 Å². The van der Waals surface area contributed by atoms with Gasteiger partial charge in [0.2, 0.25) is 5.88 Å². The van der Waals surface area contributed by atoms with Gasteiger partial charge in [0.25, 0.3) is 0 Å². The Morgan fingerprint density at radius 3 is 2.77 bits per heavy atom. The average Bonchev–Trinajstić information content (AvgIpc) is 2.48. The number of carbonyl (C=O) groups excluding carboxylic acids is 1. The van der Waals surface area contributed by atoms with Gasteiger partial charge in [-0.3, -0.25) is 4.79 Å². The number of benzene rings is 1. The van der Waals surface area contributed by atoms with Gasteiger partial charge in [-0.1, -0.05) is 23.2 Å². The van der Waals surface area contributed by atoms with Crippen LogP contribution in [0.4, 0.5) is 5.69 Å². The smallest absolute Gasteiger partial charge is 0.222 e. The van der Waals surface area contributed by atoms with E-state index in [0.29, 0.717) is 17.3 Å². The first-order chi connectivity index (χ1) is 10.5. The van der Waals surface area contributed by atoms with Gasteiger partial charge in [-0.25, -0.2) is 4.98 Å². The number of hydrogen-bond acceptors (Lipinski definition) is 6. The molecule has 0 saturated heterocycles. The molecule has 116 valence electrons. The summed E-state index contributed by atoms with van der Waals surface area (Å²) in [5, 5.41) is 0.404. The number of ether oxygens (including phenoxy) is 2. The first kappa shape index (κ1) is 16.5. The van der Waals surface area contributed by atoms with E-state index in [-0.39, 0.29) is 34.7 Å². The van der Waals surface area contributed by atoms with Crippen molar-refractivity contribution in [3.05, 3.63) is 40.3 Å². The van der Waals surface area contributed by atoms with Crippen molar-refractivity contribution in [2.45, 2.75) is 6.42 Å². The van der Waals surface area contributed by atoms with Crippen molar-refractivity contribution >= 4 is 34.7 Å². The molecule has 0 aliphatic rings. The monoisotopic (exact) mass is 341 g/mol. The third kappa shape index (κ3) is 4.07. The number of Topliss-reactive ketones (excluding diaryl/α,β-unsaturated/α-hetero) is 1. The van der Waals surface area contributed by atoms with Gasteiger partial charge in [-0.2, -0.15) is 4.98 Å². The summed E-state index contributed by atoms with van der Waals surface area (Å²) in [5.41, 5.74) is 6.00. The highest BCUT2D eigenvalue weighted by atomic mass is 35.5. The van der Waals surface area contributed by atoms with Crippen molar-refractivity contribution < 1.29 is 14.3 Å². The molecule has 0 fully saturated rings. The molecule has 8 heteroatoms. The summed E-state index contributed by atoms with van der Waals surface area (Å²) in [5.74, 6) is 0.761. The van der Waals surface area contributed by atoms with E-state index in [0.717, 1.165) is 0 Å². The highest BCUT2D eigenvalue weighted by molar-refractivity contribution is 6.44. The van der Waals surface area contributed by atoms with E-state index in [4.69, 9.17) is 38.4 Å². The molecule has 22 heavy (non-hydrogen) atoms. The molecule has 2 rings (SSSR count). The van der Waals surface area contributed by atoms with Crippen LogP contribution in [0.25, 0.3) is 0 Å². The molecule has 1 aromatic heterocycles. The highest BCUT2D eigenvalue weighted by Gasteiger charge is 2.12. The quantitative estimate of drug-likeness (QED) is 0.812. The molecule has 0 amide bonds. The SMILES string of the molecule is COCC(=O)Cc1nccc(Oc2ccc(N)c(Cl)c2Cl)n1. The third-order valence-electron chi connectivity index (χ3n) is 2.63. The Hall–Kier alpha value is -1.89. The molecule has 0 bridgehead atoms. The number of aromatic nitrogens is 2. The maximum Gasteiger partial charge on any atom is 0.222 e. The number of nitrogens with two attached hydrogens (primary N) is 1. The second-order valence-electron chi connectivity index (χ2n) is 4.34. The second kappa shape index (κ2) is 7.40. The summed E-state index contributed by atoms with van der Waals surface area (Å²) in [6.45, 7) is 0.00778. The zero-order chi connectivity index (χ0) is 16.1. The predicted octanol–water partition coefficient (Wildman–Crippen LogP) is 2.92. The van der Waals surface area contributed by atoms with Crippen LogP contribution in [0.5, 0.6) is 11.6 Å². The van der Waals surface area contributed by atoms with Gasteiger partial charge in [0.05, 0.1) is 17.1 Å². The van der Waals surface area contributed by atoms with Crippen LogP contribution in [0.1, 0.15) is 5.82 Å². The number of rotatable bonds is 6. The van der Waals surface area contributed by atoms with Gasteiger partial charge in [0, 0.05) is 19.4 Å². The molecule has 0 radical (unpaired) electrons. The Labute approximate surface area is 137 Å². The molecule has 1 heterocycles. The number of carbonyl (C=O) groups is 1. The summed E-state index contributed by atoms with van der Waals surface area (Å²) in [6, 6.07) is 4.71. The number of nitrogen functional groups attached to an aromatic ring is 1. The second-order valence-corrected chi connectivity index (χ2v) is 5.10. The Kier molecular flexibility index (Phi) is 5.54. The largest absolute Gasteiger partial charge is 0.437 e. The van der Waals surface area contributed by atoms with Crippen molar-refractivity contribution in [3.63, 3.8) is 0 Å². The van der Waals surface area contributed by atoms with E-state index >= 15 is 0 Å². The first-order valence-electron chi connectivity index (χ1n) is 6.25. The number of nitrogens with zero attached hydrogens (tertiary/aromatic N) is 2. The minimum atomic E-state index is -0.131. The fraction of sp³-hybridized carbons (Fsp3) is 0.214. The predicted molar refractivity (Wildman–Crippen MR) is 83.6 cm³/mol. The molecule has 2 N–H and O–H groups in total. The number of halogens is 2. The summed E-state index contributed by atoms with van der Waals surface area (Å²) in [7, 11) is 1.45. The van der Waals surface area contributed by atoms with E-state index in [9.17, 15) is 4.79 Å². The number of methoxy groups -OCH3 is 1. The lowest BCUT2D eigenvalue weighted by molar-refractivity contribution is -0.122. The van der Waals surface area contributed by atoms with Crippen LogP contribution in [0.15, 0.2) is 24.4 Å². The molecule has 2 aromatic rings. The zero-order valence-electron chi connectivity index (χ0n) is 11.7. The Morgan fingerprint density at radius 1 is 1.27 bits per heavy atom. The van der Waals surface area contributed by atoms with Crippen molar-refractivity contribution in [1.29, 1.82) is 0 Å². The molecule has 0 atom stereocenters. The lowest BCUT2D eigenvalue weighted by Gasteiger charge is -2.09.